The number of amides is 1. The highest BCUT2D eigenvalue weighted by Gasteiger charge is 2.05. The van der Waals surface area contributed by atoms with Gasteiger partial charge in [-0.15, -0.1) is 12.4 Å². The lowest BCUT2D eigenvalue weighted by molar-refractivity contribution is -0.121. The minimum atomic E-state index is 0. The van der Waals surface area contributed by atoms with Gasteiger partial charge in [0.25, 0.3) is 0 Å². The van der Waals surface area contributed by atoms with E-state index in [1.165, 1.54) is 0 Å². The van der Waals surface area contributed by atoms with Crippen molar-refractivity contribution in [1.82, 2.24) is 10.6 Å². The summed E-state index contributed by atoms with van der Waals surface area (Å²) >= 11 is 5.97. The molecule has 120 valence electrons. The van der Waals surface area contributed by atoms with Crippen molar-refractivity contribution in [2.45, 2.75) is 32.7 Å². The van der Waals surface area contributed by atoms with Crippen LogP contribution in [0.15, 0.2) is 24.3 Å². The van der Waals surface area contributed by atoms with Crippen molar-refractivity contribution >= 4 is 29.9 Å². The fraction of sp³-hybridized carbons (Fsp3) is 0.533. The Morgan fingerprint density at radius 1 is 1.38 bits per heavy atom. The maximum Gasteiger partial charge on any atom is 0.220 e. The molecular weight excluding hydrogens is 311 g/mol. The molecule has 0 aromatic heterocycles. The van der Waals surface area contributed by atoms with E-state index in [-0.39, 0.29) is 18.3 Å². The van der Waals surface area contributed by atoms with Crippen molar-refractivity contribution in [3.63, 3.8) is 0 Å². The molecule has 2 N–H and O–H groups in total. The average Bonchev–Trinajstić information content (AvgIpc) is 2.43. The summed E-state index contributed by atoms with van der Waals surface area (Å²) in [4.78, 5) is 11.6. The van der Waals surface area contributed by atoms with Gasteiger partial charge in [-0.05, 0) is 32.0 Å². The molecule has 1 atom stereocenters. The van der Waals surface area contributed by atoms with E-state index >= 15 is 0 Å². The molecule has 0 fully saturated rings. The van der Waals surface area contributed by atoms with Gasteiger partial charge in [-0.25, -0.2) is 0 Å². The second kappa shape index (κ2) is 11.7. The van der Waals surface area contributed by atoms with Gasteiger partial charge in [0.2, 0.25) is 5.91 Å². The smallest absolute Gasteiger partial charge is 0.220 e. The molecule has 21 heavy (non-hydrogen) atoms. The van der Waals surface area contributed by atoms with E-state index in [0.29, 0.717) is 42.8 Å². The van der Waals surface area contributed by atoms with Crippen molar-refractivity contribution < 1.29 is 9.53 Å². The van der Waals surface area contributed by atoms with Crippen LogP contribution in [0.2, 0.25) is 5.02 Å². The fourth-order valence-electron chi connectivity index (χ4n) is 1.75. The summed E-state index contributed by atoms with van der Waals surface area (Å²) < 4.78 is 5.53. The number of ether oxygens (including phenoxy) is 1. The second-order valence-electron chi connectivity index (χ2n) is 4.65. The van der Waals surface area contributed by atoms with Crippen molar-refractivity contribution in [3.05, 3.63) is 29.3 Å². The van der Waals surface area contributed by atoms with Crippen LogP contribution in [0, 0.1) is 0 Å². The van der Waals surface area contributed by atoms with Gasteiger partial charge in [-0.1, -0.05) is 30.7 Å². The summed E-state index contributed by atoms with van der Waals surface area (Å²) in [6.07, 6.45) is 1.13. The maximum atomic E-state index is 11.6. The first kappa shape index (κ1) is 20.0. The Hall–Kier alpha value is -0.970. The Kier molecular flexibility index (Phi) is 11.1. The highest BCUT2D eigenvalue weighted by molar-refractivity contribution is 6.32. The van der Waals surface area contributed by atoms with Crippen LogP contribution in [0.5, 0.6) is 5.75 Å². The van der Waals surface area contributed by atoms with Gasteiger partial charge in [0.1, 0.15) is 5.75 Å². The second-order valence-corrected chi connectivity index (χ2v) is 5.05. The monoisotopic (exact) mass is 334 g/mol. The molecule has 1 aromatic rings. The number of nitrogens with one attached hydrogen (secondary N) is 2. The summed E-state index contributed by atoms with van der Waals surface area (Å²) in [6, 6.07) is 7.62. The first-order chi connectivity index (χ1) is 9.63. The molecule has 0 radical (unpaired) electrons. The number of hydrogen-bond acceptors (Lipinski definition) is 3. The molecule has 0 aliphatic heterocycles. The molecule has 1 aromatic carbocycles. The van der Waals surface area contributed by atoms with Gasteiger partial charge in [0, 0.05) is 19.0 Å². The van der Waals surface area contributed by atoms with Crippen molar-refractivity contribution in [2.75, 3.05) is 19.7 Å². The number of halogens is 2. The van der Waals surface area contributed by atoms with E-state index in [9.17, 15) is 4.79 Å². The van der Waals surface area contributed by atoms with E-state index in [0.717, 1.165) is 6.54 Å². The molecule has 0 unspecified atom stereocenters. The number of likely N-dealkylation sites (N-methyl/N-ethyl adjacent to an activating group) is 1. The van der Waals surface area contributed by atoms with E-state index in [1.54, 1.807) is 6.07 Å². The predicted octanol–water partition coefficient (Wildman–Crippen LogP) is 3.04. The molecule has 1 amide bonds. The van der Waals surface area contributed by atoms with Crippen molar-refractivity contribution in [2.24, 2.45) is 0 Å². The van der Waals surface area contributed by atoms with Gasteiger partial charge < -0.3 is 15.4 Å². The quantitative estimate of drug-likeness (QED) is 0.682. The fourth-order valence-corrected chi connectivity index (χ4v) is 1.94. The third kappa shape index (κ3) is 8.81. The molecule has 0 saturated carbocycles. The van der Waals surface area contributed by atoms with E-state index in [4.69, 9.17) is 16.3 Å². The molecule has 0 heterocycles. The van der Waals surface area contributed by atoms with Gasteiger partial charge in [-0.2, -0.15) is 0 Å². The van der Waals surface area contributed by atoms with Crippen LogP contribution in [0.25, 0.3) is 0 Å². The number of para-hydroxylation sites is 1. The molecule has 0 spiro atoms. The number of carbonyl (C=O) groups excluding carboxylic acids is 1. The predicted molar refractivity (Wildman–Crippen MR) is 89.6 cm³/mol. The summed E-state index contributed by atoms with van der Waals surface area (Å²) in [5.74, 6) is 0.716. The zero-order chi connectivity index (χ0) is 14.8. The highest BCUT2D eigenvalue weighted by atomic mass is 35.5. The Balaban J connectivity index is 0.00000400. The van der Waals surface area contributed by atoms with Crippen LogP contribution in [0.4, 0.5) is 0 Å². The molecule has 0 saturated heterocycles. The molecule has 4 nitrogen and oxygen atoms in total. The highest BCUT2D eigenvalue weighted by Crippen LogP contribution is 2.23. The van der Waals surface area contributed by atoms with Crippen LogP contribution >= 0.6 is 24.0 Å². The standard InChI is InChI=1S/C15H23ClN2O2.ClH/c1-3-17-12(2)11-18-15(19)9-6-10-20-14-8-5-4-7-13(14)16;/h4-5,7-8,12,17H,3,6,9-11H2,1-2H3,(H,18,19);1H/t12-;/m1./s1. The summed E-state index contributed by atoms with van der Waals surface area (Å²) in [6.45, 7) is 6.13. The van der Waals surface area contributed by atoms with Crippen LogP contribution < -0.4 is 15.4 Å². The van der Waals surface area contributed by atoms with Crippen LogP contribution in [-0.2, 0) is 4.79 Å². The molecule has 0 bridgehead atoms. The van der Waals surface area contributed by atoms with Crippen molar-refractivity contribution in [1.29, 1.82) is 0 Å². The molecule has 6 heteroatoms. The summed E-state index contributed by atoms with van der Waals surface area (Å²) in [5, 5.41) is 6.73. The Morgan fingerprint density at radius 2 is 2.10 bits per heavy atom. The Bertz CT molecular complexity index is 416. The maximum absolute atomic E-state index is 11.6. The van der Waals surface area contributed by atoms with Crippen molar-refractivity contribution in [3.8, 4) is 5.75 Å². The molecular formula is C15H24Cl2N2O2. The minimum Gasteiger partial charge on any atom is -0.492 e. The van der Waals surface area contributed by atoms with E-state index in [1.807, 2.05) is 32.0 Å². The lowest BCUT2D eigenvalue weighted by Gasteiger charge is -2.13. The number of hydrogen-bond donors (Lipinski definition) is 2. The van der Waals surface area contributed by atoms with Crippen LogP contribution in [-0.4, -0.2) is 31.6 Å². The average molecular weight is 335 g/mol. The summed E-state index contributed by atoms with van der Waals surface area (Å²) in [7, 11) is 0. The largest absolute Gasteiger partial charge is 0.492 e. The lowest BCUT2D eigenvalue weighted by atomic mass is 10.3. The summed E-state index contributed by atoms with van der Waals surface area (Å²) in [5.41, 5.74) is 0. The molecule has 0 aliphatic carbocycles. The van der Waals surface area contributed by atoms with Crippen LogP contribution in [0.3, 0.4) is 0 Å². The Morgan fingerprint density at radius 3 is 2.76 bits per heavy atom. The normalized spacial score (nSPS) is 11.4. The zero-order valence-corrected chi connectivity index (χ0v) is 14.1. The number of benzene rings is 1. The topological polar surface area (TPSA) is 50.4 Å². The van der Waals surface area contributed by atoms with E-state index in [2.05, 4.69) is 10.6 Å². The van der Waals surface area contributed by atoms with E-state index < -0.39 is 0 Å². The van der Waals surface area contributed by atoms with Gasteiger partial charge in [0.15, 0.2) is 0 Å². The zero-order valence-electron chi connectivity index (χ0n) is 12.5. The van der Waals surface area contributed by atoms with Gasteiger partial charge in [0.05, 0.1) is 11.6 Å². The van der Waals surface area contributed by atoms with Gasteiger partial charge >= 0.3 is 0 Å². The van der Waals surface area contributed by atoms with Crippen LogP contribution in [0.1, 0.15) is 26.7 Å². The SMILES string of the molecule is CCN[C@H](C)CNC(=O)CCCOc1ccccc1Cl.Cl. The molecule has 0 aliphatic rings. The third-order valence-corrected chi connectivity index (χ3v) is 3.11. The minimum absolute atomic E-state index is 0. The number of carbonyl (C=O) groups is 1. The third-order valence-electron chi connectivity index (χ3n) is 2.80. The first-order valence-electron chi connectivity index (χ1n) is 7.01. The lowest BCUT2D eigenvalue weighted by Crippen LogP contribution is -2.38. The molecule has 1 rings (SSSR count). The first-order valence-corrected chi connectivity index (χ1v) is 7.38. The Labute approximate surface area is 138 Å². The number of rotatable bonds is 9. The van der Waals surface area contributed by atoms with Gasteiger partial charge in [-0.3, -0.25) is 4.79 Å².